The Hall–Kier alpha value is -0.432. The van der Waals surface area contributed by atoms with Crippen LogP contribution in [-0.2, 0) is 31.0 Å². The van der Waals surface area contributed by atoms with Gasteiger partial charge in [-0.1, -0.05) is 13.8 Å². The molecule has 0 bridgehead atoms. The van der Waals surface area contributed by atoms with Crippen LogP contribution in [0.1, 0.15) is 27.7 Å². The summed E-state index contributed by atoms with van der Waals surface area (Å²) in [5, 5.41) is 45.9. The third kappa shape index (κ3) is 14.4. The molecule has 0 aromatic carbocycles. The number of aliphatic carboxylic acids is 1. The Morgan fingerprint density at radius 2 is 1.44 bits per heavy atom. The zero-order chi connectivity index (χ0) is 19.9. The predicted molar refractivity (Wildman–Crippen MR) is 89.5 cm³/mol. The van der Waals surface area contributed by atoms with Crippen LogP contribution in [0.5, 0.6) is 0 Å². The first-order valence-electron chi connectivity index (χ1n) is 5.34. The fraction of sp³-hybridized carbons (Fsp3) is 0.800. The minimum Gasteiger partial charge on any atom is -0.693 e. The Balaban J connectivity index is -0.0000000772. The number of hydrogen-bond acceptors (Lipinski definition) is 9. The summed E-state index contributed by atoms with van der Waals surface area (Å²) in [5.41, 5.74) is -3.11. The molecule has 0 rings (SSSR count). The van der Waals surface area contributed by atoms with E-state index in [2.05, 4.69) is 4.89 Å². The molecule has 8 N–H and O–H groups in total. The molecule has 0 atom stereocenters. The van der Waals surface area contributed by atoms with Crippen molar-refractivity contribution in [3.63, 3.8) is 0 Å². The maximum Gasteiger partial charge on any atom is -0.693 e. The summed E-state index contributed by atoms with van der Waals surface area (Å²) in [6.07, 6.45) is 0. The van der Waals surface area contributed by atoms with Crippen molar-refractivity contribution in [3.05, 3.63) is 22.4 Å². The number of hydrogen-bond donors (Lipinski definition) is 4. The van der Waals surface area contributed by atoms with E-state index in [-0.39, 0.29) is 12.3 Å². The van der Waals surface area contributed by atoms with Crippen LogP contribution < -0.4 is 0 Å². The van der Waals surface area contributed by atoms with E-state index >= 15 is 0 Å². The Morgan fingerprint density at radius 3 is 1.60 bits per heavy atom. The summed E-state index contributed by atoms with van der Waals surface area (Å²) >= 11 is -0.472. The molecule has 158 valence electrons. The van der Waals surface area contributed by atoms with E-state index in [1.807, 2.05) is 6.79 Å². The molecule has 0 aliphatic carbocycles. The van der Waals surface area contributed by atoms with E-state index in [1.54, 1.807) is 0 Å². The van der Waals surface area contributed by atoms with Crippen molar-refractivity contribution in [1.82, 2.24) is 0 Å². The van der Waals surface area contributed by atoms with Crippen molar-refractivity contribution >= 4 is 31.6 Å². The van der Waals surface area contributed by atoms with Gasteiger partial charge < -0.3 is 42.5 Å². The van der Waals surface area contributed by atoms with Crippen LogP contribution in [0, 0.1) is 20.9 Å². The first kappa shape index (κ1) is 39.6. The maximum absolute atomic E-state index is 10.9. The number of nitrogens with zero attached hydrogens (tertiary/aromatic N) is 1. The van der Waals surface area contributed by atoms with Crippen LogP contribution >= 0.6 is 18.8 Å². The molecule has 0 aliphatic rings. The van der Waals surface area contributed by atoms with Crippen LogP contribution in [0.15, 0.2) is 5.34 Å². The Kier molecular flexibility index (Phi) is 31.5. The molecule has 15 heteroatoms. The minimum absolute atomic E-state index is 0. The number of carboxylic acids is 1. The topological polar surface area (TPSA) is 244 Å². The van der Waals surface area contributed by atoms with Gasteiger partial charge in [-0.05, 0) is 13.8 Å². The molecule has 0 fully saturated rings. The molecule has 12 nitrogen and oxygen atoms in total. The van der Waals surface area contributed by atoms with Gasteiger partial charge >= 0.3 is 41.3 Å². The average molecular weight is 596 g/mol. The van der Waals surface area contributed by atoms with E-state index < -0.39 is 45.7 Å². The number of carbonyl (C=O) groups excluding carboxylic acids is 1. The van der Waals surface area contributed by atoms with E-state index in [4.69, 9.17) is 44.1 Å². The van der Waals surface area contributed by atoms with Crippen LogP contribution in [-0.4, -0.2) is 45.7 Å². The smallest absolute Gasteiger partial charge is 0.693 e. The molecule has 0 saturated carbocycles. The van der Waals surface area contributed by atoms with E-state index in [9.17, 15) is 15.0 Å². The van der Waals surface area contributed by atoms with E-state index in [0.29, 0.717) is 0 Å². The zero-order valence-corrected chi connectivity index (χ0v) is 17.7. The summed E-state index contributed by atoms with van der Waals surface area (Å²) in [6, 6.07) is 0. The molecule has 0 amide bonds. The van der Waals surface area contributed by atoms with Gasteiger partial charge in [0.1, 0.15) is 12.2 Å². The van der Waals surface area contributed by atoms with Crippen LogP contribution in [0.4, 0.5) is 0 Å². The molecule has 0 aliphatic heterocycles. The average Bonchev–Trinajstić information content (AvgIpc) is 2.42. The number of carboxylic acid groups (broad SMARTS) is 1. The van der Waals surface area contributed by atoms with Gasteiger partial charge in [0.25, 0.3) is 0 Å². The standard InChI is InChI=1S/C9H18O6.CH2O.2ClH.HNO2.2H2N.Pt/c1-7(2,5-15-14)9(12,13)8(3,4)6(10)11;1-2;;;2-1-3;;;/h12-14H,5H2,1-4H3,(H,10,11);1H2;2*1H;(H,2,3);2*1H2;/q;;;;;2*-1;+4/p-3. The van der Waals surface area contributed by atoms with Gasteiger partial charge in [-0.25, -0.2) is 4.89 Å². The summed E-state index contributed by atoms with van der Waals surface area (Å²) in [5.74, 6) is -3.87. The molecule has 0 saturated heterocycles. The van der Waals surface area contributed by atoms with Crippen molar-refractivity contribution in [2.45, 2.75) is 33.5 Å². The summed E-state index contributed by atoms with van der Waals surface area (Å²) in [4.78, 5) is 30.8. The van der Waals surface area contributed by atoms with E-state index in [1.165, 1.54) is 27.7 Å². The third-order valence-corrected chi connectivity index (χ3v) is 2.78. The molecule has 0 radical (unpaired) electrons. The van der Waals surface area contributed by atoms with Crippen LogP contribution in [0.3, 0.4) is 0 Å². The number of halogens is 2. The maximum atomic E-state index is 10.9. The molecule has 0 spiro atoms. The third-order valence-electron chi connectivity index (χ3n) is 2.78. The van der Waals surface area contributed by atoms with Crippen molar-refractivity contribution in [1.29, 1.82) is 0 Å². The summed E-state index contributed by atoms with van der Waals surface area (Å²) < 4.78 is 0. The quantitative estimate of drug-likeness (QED) is 0.157. The summed E-state index contributed by atoms with van der Waals surface area (Å²) in [7, 11) is 9.75. The zero-order valence-electron chi connectivity index (χ0n) is 13.9. The van der Waals surface area contributed by atoms with Gasteiger partial charge in [-0.2, -0.15) is 0 Å². The second kappa shape index (κ2) is 19.9. The SMILES string of the molecule is C=O.CC(C)(COO)C(O)(O)C(C)(C)C(=O)O.O=N[O-].[Cl][Pt+2][Cl].[NH2-].[NH2-]. The van der Waals surface area contributed by atoms with Gasteiger partial charge in [0.05, 0.1) is 6.61 Å². The van der Waals surface area contributed by atoms with Gasteiger partial charge in [0.15, 0.2) is 5.79 Å². The number of nitrogens with two attached hydrogens (primary N) is 2. The fourth-order valence-electron chi connectivity index (χ4n) is 1.26. The molecule has 25 heavy (non-hydrogen) atoms. The molecular formula is C10H24Cl2N3O9Pt-. The van der Waals surface area contributed by atoms with Crippen LogP contribution in [0.25, 0.3) is 12.3 Å². The number of carbonyl (C=O) groups is 2. The molecule has 0 unspecified atom stereocenters. The molecular weight excluding hydrogens is 572 g/mol. The normalized spacial score (nSPS) is 9.96. The molecule has 0 aromatic rings. The monoisotopic (exact) mass is 595 g/mol. The van der Waals surface area contributed by atoms with Gasteiger partial charge in [-0.15, -0.1) is 5.34 Å². The Labute approximate surface area is 161 Å². The first-order valence-corrected chi connectivity index (χ1v) is 11.0. The largest absolute Gasteiger partial charge is 0.693 e. The second-order valence-electron chi connectivity index (χ2n) is 4.88. The van der Waals surface area contributed by atoms with Crippen molar-refractivity contribution in [3.8, 4) is 0 Å². The minimum atomic E-state index is -2.52. The molecule has 0 aromatic heterocycles. The van der Waals surface area contributed by atoms with Gasteiger partial charge in [0, 0.05) is 5.41 Å². The van der Waals surface area contributed by atoms with Crippen molar-refractivity contribution in [2.24, 2.45) is 16.2 Å². The van der Waals surface area contributed by atoms with Gasteiger partial charge in [0.2, 0.25) is 0 Å². The van der Waals surface area contributed by atoms with Crippen LogP contribution in [0.2, 0.25) is 0 Å². The summed E-state index contributed by atoms with van der Waals surface area (Å²) in [6.45, 7) is 6.75. The number of aliphatic hydroxyl groups is 2. The van der Waals surface area contributed by atoms with Gasteiger partial charge in [-0.3, -0.25) is 10.1 Å². The van der Waals surface area contributed by atoms with Crippen molar-refractivity contribution in [2.75, 3.05) is 6.61 Å². The first-order chi connectivity index (χ1) is 10.3. The Bertz CT molecular complexity index is 337. The second-order valence-corrected chi connectivity index (χ2v) is 8.16. The van der Waals surface area contributed by atoms with Crippen molar-refractivity contribution < 1.29 is 51.5 Å². The Morgan fingerprint density at radius 1 is 1.20 bits per heavy atom. The number of rotatable bonds is 5. The fourth-order valence-corrected chi connectivity index (χ4v) is 1.26. The van der Waals surface area contributed by atoms with E-state index in [0.717, 1.165) is 5.34 Å². The molecule has 0 heterocycles. The predicted octanol–water partition coefficient (Wildman–Crippen LogP) is 3.17.